The minimum atomic E-state index is -3.69. The maximum absolute atomic E-state index is 12.8. The minimum absolute atomic E-state index is 0.0546. The molecule has 138 valence electrons. The van der Waals surface area contributed by atoms with Crippen LogP contribution in [0.1, 0.15) is 30.8 Å². The molecule has 0 saturated carbocycles. The van der Waals surface area contributed by atoms with Gasteiger partial charge in [-0.2, -0.15) is 9.29 Å². The lowest BCUT2D eigenvalue weighted by molar-refractivity contribution is 0.0194. The molecule has 1 aliphatic rings. The number of aromatic nitrogens is 3. The van der Waals surface area contributed by atoms with E-state index in [-0.39, 0.29) is 31.2 Å². The fraction of sp³-hybridized carbons (Fsp3) is 0.438. The maximum Gasteiger partial charge on any atom is 0.260 e. The van der Waals surface area contributed by atoms with Gasteiger partial charge in [-0.15, -0.1) is 0 Å². The lowest BCUT2D eigenvalue weighted by Gasteiger charge is -2.19. The van der Waals surface area contributed by atoms with Gasteiger partial charge in [-0.1, -0.05) is 29.4 Å². The standard InChI is InChI=1S/C16H18N4O5S/c1-2-14-17-15(25-19-14)16(21)7-8-20(10-16)26(22,23)9-12-11-5-3-4-6-13(11)24-18-12/h3-6,21H,2,7-10H2,1H3/t16-/m1/s1. The summed E-state index contributed by atoms with van der Waals surface area (Å²) in [5.74, 6) is 0.229. The van der Waals surface area contributed by atoms with Gasteiger partial charge >= 0.3 is 0 Å². The summed E-state index contributed by atoms with van der Waals surface area (Å²) in [7, 11) is -3.69. The van der Waals surface area contributed by atoms with Crippen molar-refractivity contribution in [1.29, 1.82) is 0 Å². The van der Waals surface area contributed by atoms with Crippen LogP contribution in [0.2, 0.25) is 0 Å². The fourth-order valence-electron chi connectivity index (χ4n) is 3.06. The number of nitrogens with zero attached hydrogens (tertiary/aromatic N) is 4. The minimum Gasteiger partial charge on any atom is -0.379 e. The molecule has 0 unspecified atom stereocenters. The van der Waals surface area contributed by atoms with Crippen LogP contribution in [0.25, 0.3) is 11.0 Å². The van der Waals surface area contributed by atoms with Crippen LogP contribution in [0.5, 0.6) is 0 Å². The third-order valence-corrected chi connectivity index (χ3v) is 6.30. The molecular weight excluding hydrogens is 360 g/mol. The summed E-state index contributed by atoms with van der Waals surface area (Å²) >= 11 is 0. The second kappa shape index (κ2) is 6.15. The van der Waals surface area contributed by atoms with E-state index in [4.69, 9.17) is 9.05 Å². The van der Waals surface area contributed by atoms with E-state index in [0.717, 1.165) is 0 Å². The van der Waals surface area contributed by atoms with Gasteiger partial charge in [0.1, 0.15) is 11.4 Å². The van der Waals surface area contributed by atoms with Crippen molar-refractivity contribution < 1.29 is 22.6 Å². The first-order valence-electron chi connectivity index (χ1n) is 8.28. The Labute approximate surface area is 149 Å². The molecule has 1 aromatic carbocycles. The van der Waals surface area contributed by atoms with E-state index in [1.54, 1.807) is 24.3 Å². The second-order valence-corrected chi connectivity index (χ2v) is 8.34. The van der Waals surface area contributed by atoms with Gasteiger partial charge in [0.15, 0.2) is 17.0 Å². The predicted octanol–water partition coefficient (Wildman–Crippen LogP) is 1.20. The first kappa shape index (κ1) is 17.1. The Morgan fingerprint density at radius 2 is 2.08 bits per heavy atom. The molecule has 0 radical (unpaired) electrons. The van der Waals surface area contributed by atoms with Gasteiger partial charge in [-0.3, -0.25) is 0 Å². The molecule has 0 bridgehead atoms. The zero-order valence-corrected chi connectivity index (χ0v) is 14.9. The predicted molar refractivity (Wildman–Crippen MR) is 90.4 cm³/mol. The molecule has 1 N–H and O–H groups in total. The highest BCUT2D eigenvalue weighted by Crippen LogP contribution is 2.33. The Kier molecular flexibility index (Phi) is 4.05. The van der Waals surface area contributed by atoms with Crippen molar-refractivity contribution in [2.75, 3.05) is 13.1 Å². The maximum atomic E-state index is 12.8. The largest absolute Gasteiger partial charge is 0.379 e. The van der Waals surface area contributed by atoms with Gasteiger partial charge in [-0.05, 0) is 12.1 Å². The number of benzene rings is 1. The SMILES string of the molecule is CCc1noc([C@@]2(O)CCN(S(=O)(=O)Cc3noc4ccccc34)C2)n1. The van der Waals surface area contributed by atoms with Gasteiger partial charge in [0.25, 0.3) is 5.89 Å². The summed E-state index contributed by atoms with van der Waals surface area (Å²) in [6.45, 7) is 1.90. The van der Waals surface area contributed by atoms with Crippen molar-refractivity contribution in [1.82, 2.24) is 19.6 Å². The molecule has 0 amide bonds. The molecule has 4 rings (SSSR count). The van der Waals surface area contributed by atoms with Crippen molar-refractivity contribution in [3.05, 3.63) is 41.7 Å². The molecular formula is C16H18N4O5S. The summed E-state index contributed by atoms with van der Waals surface area (Å²) in [6, 6.07) is 7.09. The van der Waals surface area contributed by atoms with Crippen LogP contribution in [0.15, 0.2) is 33.3 Å². The molecule has 1 fully saturated rings. The molecule has 9 nitrogen and oxygen atoms in total. The molecule has 3 heterocycles. The molecule has 1 saturated heterocycles. The summed E-state index contributed by atoms with van der Waals surface area (Å²) in [5.41, 5.74) is -0.588. The van der Waals surface area contributed by atoms with Gasteiger partial charge < -0.3 is 14.2 Å². The van der Waals surface area contributed by atoms with E-state index in [1.165, 1.54) is 4.31 Å². The summed E-state index contributed by atoms with van der Waals surface area (Å²) in [4.78, 5) is 4.14. The van der Waals surface area contributed by atoms with Crippen LogP contribution >= 0.6 is 0 Å². The van der Waals surface area contributed by atoms with Crippen LogP contribution in [-0.2, 0) is 27.8 Å². The smallest absolute Gasteiger partial charge is 0.260 e. The lowest BCUT2D eigenvalue weighted by atomic mass is 10.0. The van der Waals surface area contributed by atoms with Crippen molar-refractivity contribution in [2.24, 2.45) is 0 Å². The quantitative estimate of drug-likeness (QED) is 0.702. The highest BCUT2D eigenvalue weighted by molar-refractivity contribution is 7.88. The van der Waals surface area contributed by atoms with Crippen molar-refractivity contribution in [3.8, 4) is 0 Å². The van der Waals surface area contributed by atoms with Gasteiger partial charge in [0, 0.05) is 24.8 Å². The Hall–Kier alpha value is -2.30. The van der Waals surface area contributed by atoms with E-state index < -0.39 is 15.6 Å². The molecule has 10 heteroatoms. The third-order valence-electron chi connectivity index (χ3n) is 4.56. The number of rotatable bonds is 5. The van der Waals surface area contributed by atoms with Crippen molar-refractivity contribution in [3.63, 3.8) is 0 Å². The van der Waals surface area contributed by atoms with E-state index >= 15 is 0 Å². The monoisotopic (exact) mass is 378 g/mol. The van der Waals surface area contributed by atoms with Crippen LogP contribution < -0.4 is 0 Å². The average Bonchev–Trinajstić information content (AvgIpc) is 3.34. The lowest BCUT2D eigenvalue weighted by Crippen LogP contribution is -2.35. The highest BCUT2D eigenvalue weighted by Gasteiger charge is 2.46. The number of fused-ring (bicyclic) bond motifs is 1. The molecule has 3 aromatic rings. The number of para-hydroxylation sites is 1. The Morgan fingerprint density at radius 1 is 1.27 bits per heavy atom. The van der Waals surface area contributed by atoms with Crippen molar-refractivity contribution in [2.45, 2.75) is 31.1 Å². The first-order valence-corrected chi connectivity index (χ1v) is 9.89. The fourth-order valence-corrected chi connectivity index (χ4v) is 4.58. The van der Waals surface area contributed by atoms with Crippen LogP contribution in [0.3, 0.4) is 0 Å². The highest BCUT2D eigenvalue weighted by atomic mass is 32.2. The van der Waals surface area contributed by atoms with Crippen LogP contribution in [0, 0.1) is 0 Å². The normalized spacial score (nSPS) is 21.6. The zero-order chi connectivity index (χ0) is 18.4. The Bertz CT molecular complexity index is 1040. The van der Waals surface area contributed by atoms with Crippen molar-refractivity contribution >= 4 is 21.0 Å². The van der Waals surface area contributed by atoms with E-state index in [9.17, 15) is 13.5 Å². The number of aryl methyl sites for hydroxylation is 1. The molecule has 2 aromatic heterocycles. The summed E-state index contributed by atoms with van der Waals surface area (Å²) in [6.07, 6.45) is 0.762. The second-order valence-electron chi connectivity index (χ2n) is 6.37. The Balaban J connectivity index is 1.55. The van der Waals surface area contributed by atoms with Gasteiger partial charge in [-0.25, -0.2) is 8.42 Å². The van der Waals surface area contributed by atoms with Gasteiger partial charge in [0.2, 0.25) is 10.0 Å². The average molecular weight is 378 g/mol. The van der Waals surface area contributed by atoms with E-state index in [0.29, 0.717) is 28.9 Å². The number of β-amino-alcohol motifs (C(OH)–C–C–N with tert-alkyl or cyclic N) is 1. The topological polar surface area (TPSA) is 123 Å². The molecule has 0 aliphatic carbocycles. The number of hydrogen-bond donors (Lipinski definition) is 1. The molecule has 1 atom stereocenters. The number of sulfonamides is 1. The molecule has 26 heavy (non-hydrogen) atoms. The van der Waals surface area contributed by atoms with E-state index in [2.05, 4.69) is 15.3 Å². The van der Waals surface area contributed by atoms with Crippen LogP contribution in [0.4, 0.5) is 0 Å². The van der Waals surface area contributed by atoms with Gasteiger partial charge in [0.05, 0.1) is 6.54 Å². The third kappa shape index (κ3) is 2.89. The Morgan fingerprint density at radius 3 is 2.85 bits per heavy atom. The first-order chi connectivity index (χ1) is 12.4. The van der Waals surface area contributed by atoms with E-state index in [1.807, 2.05) is 6.92 Å². The zero-order valence-electron chi connectivity index (χ0n) is 14.1. The number of aliphatic hydroxyl groups is 1. The summed E-state index contributed by atoms with van der Waals surface area (Å²) in [5, 5.41) is 19.1. The number of hydrogen-bond acceptors (Lipinski definition) is 8. The molecule has 1 aliphatic heterocycles. The van der Waals surface area contributed by atoms with Crippen LogP contribution in [-0.4, -0.2) is 46.2 Å². The molecule has 0 spiro atoms. The summed E-state index contributed by atoms with van der Waals surface area (Å²) < 4.78 is 37.1.